The molecule has 156 valence electrons. The predicted molar refractivity (Wildman–Crippen MR) is 116 cm³/mol. The predicted octanol–water partition coefficient (Wildman–Crippen LogP) is 3.88. The van der Waals surface area contributed by atoms with E-state index in [9.17, 15) is 9.59 Å². The standard InChI is InChI=1S/C24H32N2O3/c1-6-20-11-13-22(14-12-20)29-16-23(27)26(19(5)24(28)25-17(2)3)15-21-10-8-7-9-18(21)4/h7-14,17,19H,6,15-16H2,1-5H3,(H,25,28)/t19-/m0/s1. The Morgan fingerprint density at radius 3 is 2.28 bits per heavy atom. The molecule has 29 heavy (non-hydrogen) atoms. The monoisotopic (exact) mass is 396 g/mol. The van der Waals surface area contributed by atoms with E-state index in [1.807, 2.05) is 69.3 Å². The molecule has 0 aliphatic rings. The molecule has 1 atom stereocenters. The Morgan fingerprint density at radius 2 is 1.69 bits per heavy atom. The van der Waals surface area contributed by atoms with Crippen molar-refractivity contribution in [3.63, 3.8) is 0 Å². The first-order chi connectivity index (χ1) is 13.8. The average Bonchev–Trinajstić information content (AvgIpc) is 2.70. The van der Waals surface area contributed by atoms with Crippen LogP contribution < -0.4 is 10.1 Å². The summed E-state index contributed by atoms with van der Waals surface area (Å²) in [4.78, 5) is 27.2. The molecular formula is C24H32N2O3. The number of ether oxygens (including phenoxy) is 1. The fraction of sp³-hybridized carbons (Fsp3) is 0.417. The minimum Gasteiger partial charge on any atom is -0.484 e. The molecule has 2 aromatic carbocycles. The van der Waals surface area contributed by atoms with Gasteiger partial charge in [0.15, 0.2) is 6.61 Å². The zero-order chi connectivity index (χ0) is 21.4. The molecule has 0 spiro atoms. The molecule has 0 fully saturated rings. The Morgan fingerprint density at radius 1 is 1.03 bits per heavy atom. The third-order valence-corrected chi connectivity index (χ3v) is 4.89. The van der Waals surface area contributed by atoms with Gasteiger partial charge in [0, 0.05) is 12.6 Å². The number of nitrogens with one attached hydrogen (secondary N) is 1. The van der Waals surface area contributed by atoms with Gasteiger partial charge in [0.1, 0.15) is 11.8 Å². The summed E-state index contributed by atoms with van der Waals surface area (Å²) in [5, 5.41) is 2.89. The van der Waals surface area contributed by atoms with Gasteiger partial charge in [0.2, 0.25) is 5.91 Å². The van der Waals surface area contributed by atoms with Gasteiger partial charge >= 0.3 is 0 Å². The molecule has 0 saturated heterocycles. The van der Waals surface area contributed by atoms with Gasteiger partial charge in [-0.2, -0.15) is 0 Å². The number of rotatable bonds is 9. The molecule has 0 radical (unpaired) electrons. The van der Waals surface area contributed by atoms with Gasteiger partial charge in [-0.05, 0) is 62.9 Å². The molecule has 0 unspecified atom stereocenters. The first kappa shape index (κ1) is 22.5. The highest BCUT2D eigenvalue weighted by atomic mass is 16.5. The first-order valence-electron chi connectivity index (χ1n) is 10.2. The van der Waals surface area contributed by atoms with Crippen LogP contribution in [0.3, 0.4) is 0 Å². The number of carbonyl (C=O) groups is 2. The van der Waals surface area contributed by atoms with Crippen molar-refractivity contribution in [3.8, 4) is 5.75 Å². The lowest BCUT2D eigenvalue weighted by Gasteiger charge is -2.29. The molecule has 0 bridgehead atoms. The van der Waals surface area contributed by atoms with Crippen molar-refractivity contribution in [3.05, 3.63) is 65.2 Å². The van der Waals surface area contributed by atoms with Crippen molar-refractivity contribution < 1.29 is 14.3 Å². The maximum Gasteiger partial charge on any atom is 0.261 e. The van der Waals surface area contributed by atoms with E-state index in [4.69, 9.17) is 4.74 Å². The van der Waals surface area contributed by atoms with E-state index in [1.165, 1.54) is 5.56 Å². The number of amides is 2. The molecule has 2 rings (SSSR count). The van der Waals surface area contributed by atoms with Crippen LogP contribution in [0.25, 0.3) is 0 Å². The summed E-state index contributed by atoms with van der Waals surface area (Å²) in [5.74, 6) is 0.249. The number of nitrogens with zero attached hydrogens (tertiary/aromatic N) is 1. The van der Waals surface area contributed by atoms with Gasteiger partial charge in [0.25, 0.3) is 5.91 Å². The average molecular weight is 397 g/mol. The lowest BCUT2D eigenvalue weighted by molar-refractivity contribution is -0.142. The summed E-state index contributed by atoms with van der Waals surface area (Å²) >= 11 is 0. The van der Waals surface area contributed by atoms with Crippen LogP contribution in [0.2, 0.25) is 0 Å². The highest BCUT2D eigenvalue weighted by molar-refractivity contribution is 5.88. The zero-order valence-electron chi connectivity index (χ0n) is 18.1. The quantitative estimate of drug-likeness (QED) is 0.700. The summed E-state index contributed by atoms with van der Waals surface area (Å²) < 4.78 is 5.70. The van der Waals surface area contributed by atoms with Crippen LogP contribution in [0.4, 0.5) is 0 Å². The van der Waals surface area contributed by atoms with Crippen LogP contribution in [-0.4, -0.2) is 35.4 Å². The lowest BCUT2D eigenvalue weighted by Crippen LogP contribution is -2.50. The topological polar surface area (TPSA) is 58.6 Å². The van der Waals surface area contributed by atoms with E-state index in [0.717, 1.165) is 17.5 Å². The third kappa shape index (κ3) is 6.63. The number of hydrogen-bond donors (Lipinski definition) is 1. The van der Waals surface area contributed by atoms with Gasteiger partial charge in [-0.25, -0.2) is 0 Å². The van der Waals surface area contributed by atoms with Crippen molar-refractivity contribution >= 4 is 11.8 Å². The summed E-state index contributed by atoms with van der Waals surface area (Å²) in [7, 11) is 0. The molecule has 0 heterocycles. The Hall–Kier alpha value is -2.82. The molecule has 2 amide bonds. The maximum absolute atomic E-state index is 13.0. The molecule has 0 saturated carbocycles. The minimum atomic E-state index is -0.601. The zero-order valence-corrected chi connectivity index (χ0v) is 18.1. The molecule has 2 aromatic rings. The molecule has 5 heteroatoms. The molecule has 0 aliphatic carbocycles. The number of aryl methyl sites for hydroxylation is 2. The van der Waals surface area contributed by atoms with Crippen molar-refractivity contribution in [2.24, 2.45) is 0 Å². The van der Waals surface area contributed by atoms with E-state index < -0.39 is 6.04 Å². The van der Waals surface area contributed by atoms with E-state index >= 15 is 0 Å². The molecule has 5 nitrogen and oxygen atoms in total. The van der Waals surface area contributed by atoms with E-state index in [2.05, 4.69) is 12.2 Å². The van der Waals surface area contributed by atoms with Crippen LogP contribution in [0.1, 0.15) is 44.4 Å². The fourth-order valence-corrected chi connectivity index (χ4v) is 3.01. The van der Waals surface area contributed by atoms with Crippen molar-refractivity contribution in [1.82, 2.24) is 10.2 Å². The largest absolute Gasteiger partial charge is 0.484 e. The van der Waals surface area contributed by atoms with Crippen LogP contribution in [-0.2, 0) is 22.6 Å². The lowest BCUT2D eigenvalue weighted by atomic mass is 10.1. The van der Waals surface area contributed by atoms with Gasteiger partial charge in [0.05, 0.1) is 0 Å². The van der Waals surface area contributed by atoms with Gasteiger partial charge in [-0.3, -0.25) is 9.59 Å². The summed E-state index contributed by atoms with van der Waals surface area (Å²) in [6.07, 6.45) is 0.950. The third-order valence-electron chi connectivity index (χ3n) is 4.89. The molecular weight excluding hydrogens is 364 g/mol. The highest BCUT2D eigenvalue weighted by Gasteiger charge is 2.27. The number of benzene rings is 2. The maximum atomic E-state index is 13.0. The minimum absolute atomic E-state index is 0.00805. The van der Waals surface area contributed by atoms with Crippen LogP contribution in [0.5, 0.6) is 5.75 Å². The second kappa shape index (κ2) is 10.6. The second-order valence-electron chi connectivity index (χ2n) is 7.57. The van der Waals surface area contributed by atoms with Crippen LogP contribution >= 0.6 is 0 Å². The SMILES string of the molecule is CCc1ccc(OCC(=O)N(Cc2ccccc2C)[C@@H](C)C(=O)NC(C)C)cc1. The summed E-state index contributed by atoms with van der Waals surface area (Å²) in [5.41, 5.74) is 3.30. The second-order valence-corrected chi connectivity index (χ2v) is 7.57. The Bertz CT molecular complexity index is 815. The van der Waals surface area contributed by atoms with Gasteiger partial charge in [-0.15, -0.1) is 0 Å². The normalized spacial score (nSPS) is 11.8. The van der Waals surface area contributed by atoms with Crippen molar-refractivity contribution in [2.45, 2.75) is 59.7 Å². The smallest absolute Gasteiger partial charge is 0.261 e. The van der Waals surface area contributed by atoms with E-state index in [-0.39, 0.29) is 24.5 Å². The number of carbonyl (C=O) groups excluding carboxylic acids is 2. The Labute approximate surface area is 174 Å². The van der Waals surface area contributed by atoms with Crippen molar-refractivity contribution in [1.29, 1.82) is 0 Å². The molecule has 0 aromatic heterocycles. The Kier molecular flexibility index (Phi) is 8.25. The molecule has 0 aliphatic heterocycles. The van der Waals surface area contributed by atoms with E-state index in [1.54, 1.807) is 11.8 Å². The fourth-order valence-electron chi connectivity index (χ4n) is 3.01. The molecule has 1 N–H and O–H groups in total. The Balaban J connectivity index is 2.14. The summed E-state index contributed by atoms with van der Waals surface area (Å²) in [6, 6.07) is 15.0. The highest BCUT2D eigenvalue weighted by Crippen LogP contribution is 2.16. The van der Waals surface area contributed by atoms with Crippen LogP contribution in [0, 0.1) is 6.92 Å². The van der Waals surface area contributed by atoms with Crippen LogP contribution in [0.15, 0.2) is 48.5 Å². The van der Waals surface area contributed by atoms with Gasteiger partial charge < -0.3 is 15.0 Å². The van der Waals surface area contributed by atoms with Gasteiger partial charge in [-0.1, -0.05) is 43.3 Å². The first-order valence-corrected chi connectivity index (χ1v) is 10.2. The number of hydrogen-bond acceptors (Lipinski definition) is 3. The summed E-state index contributed by atoms with van der Waals surface area (Å²) in [6.45, 7) is 9.90. The van der Waals surface area contributed by atoms with E-state index in [0.29, 0.717) is 12.3 Å². The van der Waals surface area contributed by atoms with Crippen molar-refractivity contribution in [2.75, 3.05) is 6.61 Å².